The van der Waals surface area contributed by atoms with Crippen LogP contribution in [-0.4, -0.2) is 33.6 Å². The standard InChI is InChI=1S/C42H60O6/c1-37(2,3)43-31-19-25-26(20-32(31)44-38(4,5)6)28-22-34(46-40(10,11)12)36(48-42(16,17)18)24-30(28)29-23-35(47-41(13,14)15)33(21-27(25)29)45-39(7,8)9/h19-24H,1-18H3. The van der Waals surface area contributed by atoms with E-state index in [0.29, 0.717) is 34.5 Å². The smallest absolute Gasteiger partial charge is 0.162 e. The van der Waals surface area contributed by atoms with Gasteiger partial charge in [0.1, 0.15) is 33.6 Å². The summed E-state index contributed by atoms with van der Waals surface area (Å²) in [7, 11) is 0. The first kappa shape index (κ1) is 37.3. The van der Waals surface area contributed by atoms with Crippen molar-refractivity contribution in [3.63, 3.8) is 0 Å². The van der Waals surface area contributed by atoms with E-state index in [9.17, 15) is 0 Å². The summed E-state index contributed by atoms with van der Waals surface area (Å²) in [4.78, 5) is 0. The molecule has 264 valence electrons. The van der Waals surface area contributed by atoms with E-state index < -0.39 is 33.6 Å². The predicted molar refractivity (Wildman–Crippen MR) is 201 cm³/mol. The number of hydrogen-bond acceptors (Lipinski definition) is 6. The van der Waals surface area contributed by atoms with Crippen molar-refractivity contribution >= 4 is 32.3 Å². The first-order chi connectivity index (χ1) is 21.5. The molecule has 0 aliphatic rings. The third-order valence-corrected chi connectivity index (χ3v) is 6.62. The van der Waals surface area contributed by atoms with Gasteiger partial charge in [-0.25, -0.2) is 0 Å². The first-order valence-corrected chi connectivity index (χ1v) is 17.2. The van der Waals surface area contributed by atoms with Crippen molar-refractivity contribution in [2.24, 2.45) is 0 Å². The molecule has 0 saturated carbocycles. The van der Waals surface area contributed by atoms with E-state index in [4.69, 9.17) is 28.4 Å². The van der Waals surface area contributed by atoms with Crippen LogP contribution in [-0.2, 0) is 0 Å². The van der Waals surface area contributed by atoms with E-state index in [0.717, 1.165) is 32.3 Å². The Morgan fingerprint density at radius 1 is 0.229 bits per heavy atom. The van der Waals surface area contributed by atoms with Crippen LogP contribution >= 0.6 is 0 Å². The fourth-order valence-corrected chi connectivity index (χ4v) is 5.47. The first-order valence-electron chi connectivity index (χ1n) is 17.2. The molecule has 0 aromatic heterocycles. The predicted octanol–water partition coefficient (Wildman–Crippen LogP) is 12.2. The molecule has 0 spiro atoms. The molecule has 0 atom stereocenters. The molecule has 0 bridgehead atoms. The SMILES string of the molecule is CC(C)(C)Oc1cc2c3cc(OC(C)(C)C)c(OC(C)(C)C)cc3c3cc(OC(C)(C)C)c(OC(C)(C)C)cc3c2cc1OC(C)(C)C. The van der Waals surface area contributed by atoms with Crippen molar-refractivity contribution in [2.75, 3.05) is 0 Å². The van der Waals surface area contributed by atoms with Crippen LogP contribution in [0.3, 0.4) is 0 Å². The van der Waals surface area contributed by atoms with E-state index in [1.165, 1.54) is 0 Å². The fraction of sp³-hybridized carbons (Fsp3) is 0.571. The average molecular weight is 661 g/mol. The molecular formula is C42H60O6. The Labute approximate surface area is 289 Å². The molecule has 0 radical (unpaired) electrons. The van der Waals surface area contributed by atoms with Gasteiger partial charge in [-0.2, -0.15) is 0 Å². The number of ether oxygens (including phenoxy) is 6. The van der Waals surface area contributed by atoms with E-state index in [2.05, 4.69) is 161 Å². The monoisotopic (exact) mass is 660 g/mol. The molecule has 0 saturated heterocycles. The van der Waals surface area contributed by atoms with Crippen LogP contribution in [0.5, 0.6) is 34.5 Å². The maximum Gasteiger partial charge on any atom is 0.162 e. The number of benzene rings is 4. The van der Waals surface area contributed by atoms with E-state index >= 15 is 0 Å². The van der Waals surface area contributed by atoms with Gasteiger partial charge in [0.2, 0.25) is 0 Å². The van der Waals surface area contributed by atoms with Gasteiger partial charge in [0.05, 0.1) is 0 Å². The van der Waals surface area contributed by atoms with Crippen LogP contribution in [0.2, 0.25) is 0 Å². The maximum atomic E-state index is 6.59. The summed E-state index contributed by atoms with van der Waals surface area (Å²) in [6.07, 6.45) is 0. The molecule has 4 aromatic rings. The molecule has 0 unspecified atom stereocenters. The van der Waals surface area contributed by atoms with Gasteiger partial charge in [-0.05, 0) is 193 Å². The van der Waals surface area contributed by atoms with Crippen molar-refractivity contribution in [3.05, 3.63) is 36.4 Å². The Hall–Kier alpha value is -3.54. The lowest BCUT2D eigenvalue weighted by Gasteiger charge is -2.30. The zero-order valence-corrected chi connectivity index (χ0v) is 32.9. The van der Waals surface area contributed by atoms with Crippen molar-refractivity contribution in [3.8, 4) is 34.5 Å². The molecule has 0 aliphatic heterocycles. The van der Waals surface area contributed by atoms with Crippen molar-refractivity contribution in [1.82, 2.24) is 0 Å². The van der Waals surface area contributed by atoms with Crippen LogP contribution < -0.4 is 28.4 Å². The zero-order chi connectivity index (χ0) is 36.4. The summed E-state index contributed by atoms with van der Waals surface area (Å²) in [6, 6.07) is 12.7. The molecule has 0 aliphatic carbocycles. The third kappa shape index (κ3) is 9.76. The molecular weight excluding hydrogens is 600 g/mol. The largest absolute Gasteiger partial charge is 0.484 e. The molecule has 0 amide bonds. The van der Waals surface area contributed by atoms with Crippen molar-refractivity contribution in [2.45, 2.75) is 158 Å². The van der Waals surface area contributed by atoms with Gasteiger partial charge in [0.15, 0.2) is 34.5 Å². The van der Waals surface area contributed by atoms with Crippen LogP contribution in [0.15, 0.2) is 36.4 Å². The lowest BCUT2D eigenvalue weighted by Crippen LogP contribution is -2.27. The lowest BCUT2D eigenvalue weighted by molar-refractivity contribution is 0.0959. The van der Waals surface area contributed by atoms with Gasteiger partial charge in [0, 0.05) is 0 Å². The second-order valence-corrected chi connectivity index (χ2v) is 18.8. The second-order valence-electron chi connectivity index (χ2n) is 18.8. The maximum absolute atomic E-state index is 6.59. The molecule has 0 fully saturated rings. The number of rotatable bonds is 6. The summed E-state index contributed by atoms with van der Waals surface area (Å²) < 4.78 is 39.5. The Kier molecular flexibility index (Phi) is 9.40. The quantitative estimate of drug-likeness (QED) is 0.192. The average Bonchev–Trinajstić information content (AvgIpc) is 2.81. The second kappa shape index (κ2) is 12.1. The fourth-order valence-electron chi connectivity index (χ4n) is 5.47. The molecule has 4 aromatic carbocycles. The zero-order valence-electron chi connectivity index (χ0n) is 32.9. The number of hydrogen-bond donors (Lipinski definition) is 0. The molecule has 0 N–H and O–H groups in total. The van der Waals surface area contributed by atoms with Gasteiger partial charge in [-0.15, -0.1) is 0 Å². The molecule has 0 heterocycles. The molecule has 6 heteroatoms. The summed E-state index contributed by atoms with van der Waals surface area (Å²) >= 11 is 0. The van der Waals surface area contributed by atoms with E-state index in [1.54, 1.807) is 0 Å². The Morgan fingerprint density at radius 2 is 0.333 bits per heavy atom. The van der Waals surface area contributed by atoms with Gasteiger partial charge in [-0.3, -0.25) is 0 Å². The summed E-state index contributed by atoms with van der Waals surface area (Å²) in [6.45, 7) is 36.9. The van der Waals surface area contributed by atoms with Crippen molar-refractivity contribution < 1.29 is 28.4 Å². The van der Waals surface area contributed by atoms with E-state index in [-0.39, 0.29) is 0 Å². The van der Waals surface area contributed by atoms with Crippen LogP contribution in [0.4, 0.5) is 0 Å². The van der Waals surface area contributed by atoms with Crippen LogP contribution in [0, 0.1) is 0 Å². The highest BCUT2D eigenvalue weighted by atomic mass is 16.6. The molecule has 6 nitrogen and oxygen atoms in total. The summed E-state index contributed by atoms with van der Waals surface area (Å²) in [5.41, 5.74) is -2.68. The topological polar surface area (TPSA) is 55.4 Å². The van der Waals surface area contributed by atoms with Crippen molar-refractivity contribution in [1.29, 1.82) is 0 Å². The summed E-state index contributed by atoms with van der Waals surface area (Å²) in [5, 5.41) is 6.03. The van der Waals surface area contributed by atoms with E-state index in [1.807, 2.05) is 0 Å². The summed E-state index contributed by atoms with van der Waals surface area (Å²) in [5.74, 6) is 4.07. The van der Waals surface area contributed by atoms with Gasteiger partial charge < -0.3 is 28.4 Å². The normalized spacial score (nSPS) is 13.6. The molecule has 4 rings (SSSR count). The highest BCUT2D eigenvalue weighted by Crippen LogP contribution is 2.49. The van der Waals surface area contributed by atoms with Crippen LogP contribution in [0.25, 0.3) is 32.3 Å². The van der Waals surface area contributed by atoms with Crippen LogP contribution in [0.1, 0.15) is 125 Å². The minimum atomic E-state index is -0.447. The third-order valence-electron chi connectivity index (χ3n) is 6.62. The Bertz CT molecular complexity index is 1430. The number of fused-ring (bicyclic) bond motifs is 6. The lowest BCUT2D eigenvalue weighted by atomic mass is 9.92. The minimum Gasteiger partial charge on any atom is -0.484 e. The Morgan fingerprint density at radius 3 is 0.417 bits per heavy atom. The Balaban J connectivity index is 2.29. The van der Waals surface area contributed by atoms with Gasteiger partial charge >= 0.3 is 0 Å². The minimum absolute atomic E-state index is 0.447. The highest BCUT2D eigenvalue weighted by Gasteiger charge is 2.27. The highest BCUT2D eigenvalue weighted by molar-refractivity contribution is 6.26. The molecule has 48 heavy (non-hydrogen) atoms. The van der Waals surface area contributed by atoms with Gasteiger partial charge in [0.25, 0.3) is 0 Å². The van der Waals surface area contributed by atoms with Gasteiger partial charge in [-0.1, -0.05) is 0 Å².